The maximum Gasteiger partial charge on any atom is 0.343 e. The lowest BCUT2D eigenvalue weighted by atomic mass is 9.51. The molecule has 0 radical (unpaired) electrons. The number of ether oxygens (including phenoxy) is 1. The minimum Gasteiger partial charge on any atom is -0.423 e. The highest BCUT2D eigenvalue weighted by molar-refractivity contribution is 6.04. The number of fused-ring (bicyclic) bond motifs is 3. The van der Waals surface area contributed by atoms with Crippen LogP contribution in [-0.4, -0.2) is 11.8 Å². The van der Waals surface area contributed by atoms with Crippen LogP contribution in [0.1, 0.15) is 84.6 Å². The number of ketones is 1. The minimum absolute atomic E-state index is 0.153. The molecule has 3 heteroatoms. The Morgan fingerprint density at radius 1 is 0.900 bits per heavy atom. The summed E-state index contributed by atoms with van der Waals surface area (Å²) in [6.45, 7) is 5.78. The first kappa shape index (κ1) is 20.6. The van der Waals surface area contributed by atoms with Gasteiger partial charge in [0.05, 0.1) is 5.56 Å². The van der Waals surface area contributed by atoms with Crippen molar-refractivity contribution in [1.29, 1.82) is 0 Å². The zero-order valence-electron chi connectivity index (χ0n) is 17.8. The average molecular weight is 403 g/mol. The van der Waals surface area contributed by atoms with Crippen LogP contribution in [0.3, 0.4) is 0 Å². The molecule has 156 valence electrons. The van der Waals surface area contributed by atoms with Gasteiger partial charge in [-0.2, -0.15) is 0 Å². The zero-order valence-corrected chi connectivity index (χ0v) is 17.8. The Bertz CT molecular complexity index is 913. The maximum atomic E-state index is 12.5. The molecule has 3 aliphatic carbocycles. The summed E-state index contributed by atoms with van der Waals surface area (Å²) in [6, 6.07) is 14.6. The van der Waals surface area contributed by atoms with Crippen LogP contribution in [-0.2, 0) is 5.41 Å². The number of hydrogen-bond donors (Lipinski definition) is 0. The van der Waals surface area contributed by atoms with E-state index in [4.69, 9.17) is 4.74 Å². The number of hydrogen-bond acceptors (Lipinski definition) is 3. The Labute approximate surface area is 179 Å². The summed E-state index contributed by atoms with van der Waals surface area (Å²) in [7, 11) is 0. The van der Waals surface area contributed by atoms with Crippen molar-refractivity contribution >= 4 is 11.8 Å². The van der Waals surface area contributed by atoms with Crippen LogP contribution < -0.4 is 4.74 Å². The molecule has 0 heterocycles. The van der Waals surface area contributed by atoms with Crippen molar-refractivity contribution in [2.75, 3.05) is 0 Å². The molecule has 3 aliphatic rings. The van der Waals surface area contributed by atoms with Crippen LogP contribution in [0.4, 0.5) is 0 Å². The van der Waals surface area contributed by atoms with E-state index in [2.05, 4.69) is 25.6 Å². The van der Waals surface area contributed by atoms with Crippen molar-refractivity contribution in [3.05, 3.63) is 77.9 Å². The van der Waals surface area contributed by atoms with E-state index in [-0.39, 0.29) is 11.8 Å². The van der Waals surface area contributed by atoms with Gasteiger partial charge >= 0.3 is 5.97 Å². The first-order valence-corrected chi connectivity index (χ1v) is 11.1. The van der Waals surface area contributed by atoms with Crippen LogP contribution in [0.2, 0.25) is 0 Å². The van der Waals surface area contributed by atoms with Crippen molar-refractivity contribution in [2.45, 2.75) is 63.7 Å². The molecule has 3 fully saturated rings. The highest BCUT2D eigenvalue weighted by Crippen LogP contribution is 2.59. The summed E-state index contributed by atoms with van der Waals surface area (Å²) in [5.41, 5.74) is 3.35. The van der Waals surface area contributed by atoms with E-state index >= 15 is 0 Å². The number of benzene rings is 2. The molecule has 0 aliphatic heterocycles. The van der Waals surface area contributed by atoms with Gasteiger partial charge in [0.1, 0.15) is 5.75 Å². The summed E-state index contributed by atoms with van der Waals surface area (Å²) in [6.07, 6.45) is 11.8. The first-order valence-electron chi connectivity index (χ1n) is 11.1. The highest BCUT2D eigenvalue weighted by Gasteiger charge is 2.48. The predicted octanol–water partition coefficient (Wildman–Crippen LogP) is 6.67. The Balaban J connectivity index is 1.42. The van der Waals surface area contributed by atoms with Crippen LogP contribution in [0.5, 0.6) is 5.75 Å². The molecule has 3 nitrogen and oxygen atoms in total. The zero-order chi connectivity index (χ0) is 21.2. The molecule has 0 amide bonds. The quantitative estimate of drug-likeness (QED) is 0.225. The van der Waals surface area contributed by atoms with E-state index in [0.29, 0.717) is 27.7 Å². The Kier molecular flexibility index (Phi) is 5.64. The van der Waals surface area contributed by atoms with E-state index in [1.807, 2.05) is 12.1 Å². The Morgan fingerprint density at radius 2 is 1.47 bits per heavy atom. The summed E-state index contributed by atoms with van der Waals surface area (Å²) in [4.78, 5) is 24.2. The largest absolute Gasteiger partial charge is 0.423 e. The highest BCUT2D eigenvalue weighted by atomic mass is 16.5. The fourth-order valence-corrected chi connectivity index (χ4v) is 5.53. The number of esters is 1. The number of carbonyl (C=O) groups is 2. The lowest BCUT2D eigenvalue weighted by Gasteiger charge is -2.54. The average Bonchev–Trinajstić information content (AvgIpc) is 2.80. The van der Waals surface area contributed by atoms with Crippen LogP contribution >= 0.6 is 0 Å². The molecule has 0 aromatic heterocycles. The summed E-state index contributed by atoms with van der Waals surface area (Å²) < 4.78 is 5.48. The lowest BCUT2D eigenvalue weighted by Crippen LogP contribution is -2.44. The van der Waals surface area contributed by atoms with E-state index in [1.165, 1.54) is 63.0 Å². The fourth-order valence-electron chi connectivity index (χ4n) is 5.53. The van der Waals surface area contributed by atoms with Crippen molar-refractivity contribution in [3.8, 4) is 5.75 Å². The van der Waals surface area contributed by atoms with Gasteiger partial charge in [-0.1, -0.05) is 32.1 Å². The van der Waals surface area contributed by atoms with E-state index in [1.54, 1.807) is 24.3 Å². The Morgan fingerprint density at radius 3 is 2.00 bits per heavy atom. The number of allylic oxidation sites excluding steroid dienone is 1. The summed E-state index contributed by atoms with van der Waals surface area (Å²) in [5, 5.41) is 0. The van der Waals surface area contributed by atoms with Gasteiger partial charge in [-0.25, -0.2) is 4.79 Å². The molecule has 3 saturated carbocycles. The normalized spacial score (nSPS) is 25.0. The van der Waals surface area contributed by atoms with Gasteiger partial charge in [0.15, 0.2) is 5.78 Å². The second-order valence-corrected chi connectivity index (χ2v) is 9.09. The second-order valence-electron chi connectivity index (χ2n) is 9.09. The SMILES string of the molecule is C=CC(=O)c1ccc(OC(=O)c2ccc(C34CCC(CCC)(CC3)CC4)cc2)cc1. The third-order valence-corrected chi connectivity index (χ3v) is 7.45. The van der Waals surface area contributed by atoms with Crippen LogP contribution in [0.15, 0.2) is 61.2 Å². The van der Waals surface area contributed by atoms with E-state index in [9.17, 15) is 9.59 Å². The van der Waals surface area contributed by atoms with Crippen molar-refractivity contribution in [3.63, 3.8) is 0 Å². The van der Waals surface area contributed by atoms with Gasteiger partial charge < -0.3 is 4.74 Å². The monoisotopic (exact) mass is 402 g/mol. The first-order chi connectivity index (χ1) is 14.5. The predicted molar refractivity (Wildman–Crippen MR) is 119 cm³/mol. The lowest BCUT2D eigenvalue weighted by molar-refractivity contribution is 0.0320. The van der Waals surface area contributed by atoms with Crippen molar-refractivity contribution < 1.29 is 14.3 Å². The molecule has 2 bridgehead atoms. The van der Waals surface area contributed by atoms with Gasteiger partial charge in [-0.3, -0.25) is 4.79 Å². The van der Waals surface area contributed by atoms with Gasteiger partial charge in [0.25, 0.3) is 0 Å². The molecule has 0 spiro atoms. The van der Waals surface area contributed by atoms with Gasteiger partial charge in [0.2, 0.25) is 0 Å². The minimum atomic E-state index is -0.379. The van der Waals surface area contributed by atoms with Crippen LogP contribution in [0.25, 0.3) is 0 Å². The Hall–Kier alpha value is -2.68. The molecular formula is C27H30O3. The molecule has 5 rings (SSSR count). The molecule has 2 aromatic rings. The standard InChI is InChI=1S/C27H30O3/c1-3-13-26-14-17-27(18-15-26,19-16-26)22-9-5-21(6-10-22)25(29)30-23-11-7-20(8-12-23)24(28)4-2/h4-12H,2-3,13-19H2,1H3. The van der Waals surface area contributed by atoms with E-state index in [0.717, 1.165) is 0 Å². The molecule has 0 unspecified atom stereocenters. The molecular weight excluding hydrogens is 372 g/mol. The molecule has 30 heavy (non-hydrogen) atoms. The summed E-state index contributed by atoms with van der Waals surface area (Å²) >= 11 is 0. The maximum absolute atomic E-state index is 12.5. The molecule has 0 saturated heterocycles. The smallest absolute Gasteiger partial charge is 0.343 e. The van der Waals surface area contributed by atoms with E-state index < -0.39 is 0 Å². The number of carbonyl (C=O) groups excluding carboxylic acids is 2. The van der Waals surface area contributed by atoms with Gasteiger partial charge in [0, 0.05) is 5.56 Å². The third kappa shape index (κ3) is 3.86. The third-order valence-electron chi connectivity index (χ3n) is 7.45. The fraction of sp³-hybridized carbons (Fsp3) is 0.407. The molecule has 0 atom stereocenters. The molecule has 2 aromatic carbocycles. The topological polar surface area (TPSA) is 43.4 Å². The van der Waals surface area contributed by atoms with Crippen molar-refractivity contribution in [1.82, 2.24) is 0 Å². The van der Waals surface area contributed by atoms with Gasteiger partial charge in [-0.05, 0) is 104 Å². The van der Waals surface area contributed by atoms with Crippen molar-refractivity contribution in [2.24, 2.45) is 5.41 Å². The van der Waals surface area contributed by atoms with Gasteiger partial charge in [-0.15, -0.1) is 0 Å². The number of rotatable bonds is 7. The summed E-state index contributed by atoms with van der Waals surface area (Å²) in [5.74, 6) is -0.105. The molecule has 0 N–H and O–H groups in total. The van der Waals surface area contributed by atoms with Crippen LogP contribution in [0, 0.1) is 5.41 Å². The second kappa shape index (κ2) is 8.22.